The molecular formula is C19H23N3O4S. The van der Waals surface area contributed by atoms with Crippen LogP contribution in [0.1, 0.15) is 18.4 Å². The number of benzene rings is 2. The van der Waals surface area contributed by atoms with Gasteiger partial charge in [0, 0.05) is 18.8 Å². The van der Waals surface area contributed by atoms with E-state index in [1.165, 1.54) is 11.4 Å². The number of carbonyl (C=O) groups is 1. The summed E-state index contributed by atoms with van der Waals surface area (Å²) in [5.41, 5.74) is 1.93. The lowest BCUT2D eigenvalue weighted by atomic mass is 10.2. The van der Waals surface area contributed by atoms with E-state index in [1.54, 1.807) is 18.2 Å². The van der Waals surface area contributed by atoms with Gasteiger partial charge in [-0.3, -0.25) is 4.31 Å². The molecule has 144 valence electrons. The SMILES string of the molecule is COc1ccc(NC(=O)NCc2ccccc2)cc1N1CCCCS1(=O)=O. The summed E-state index contributed by atoms with van der Waals surface area (Å²) in [5, 5.41) is 5.52. The molecule has 1 aliphatic rings. The van der Waals surface area contributed by atoms with Crippen LogP contribution in [0.25, 0.3) is 0 Å². The average Bonchev–Trinajstić information content (AvgIpc) is 2.67. The van der Waals surface area contributed by atoms with Gasteiger partial charge in [0.15, 0.2) is 0 Å². The summed E-state index contributed by atoms with van der Waals surface area (Å²) in [7, 11) is -1.88. The second-order valence-corrected chi connectivity index (χ2v) is 8.29. The summed E-state index contributed by atoms with van der Waals surface area (Å²) >= 11 is 0. The lowest BCUT2D eigenvalue weighted by Gasteiger charge is -2.29. The number of nitrogens with zero attached hydrogens (tertiary/aromatic N) is 1. The fourth-order valence-electron chi connectivity index (χ4n) is 2.98. The quantitative estimate of drug-likeness (QED) is 0.823. The molecule has 0 spiro atoms. The van der Waals surface area contributed by atoms with Crippen LogP contribution in [0.2, 0.25) is 0 Å². The van der Waals surface area contributed by atoms with E-state index in [4.69, 9.17) is 4.74 Å². The molecule has 2 aromatic carbocycles. The van der Waals surface area contributed by atoms with Crippen LogP contribution < -0.4 is 19.7 Å². The first-order valence-corrected chi connectivity index (χ1v) is 10.4. The van der Waals surface area contributed by atoms with Crippen molar-refractivity contribution >= 4 is 27.4 Å². The minimum absolute atomic E-state index is 0.116. The Morgan fingerprint density at radius 3 is 2.63 bits per heavy atom. The molecule has 27 heavy (non-hydrogen) atoms. The Bertz CT molecular complexity index is 900. The minimum atomic E-state index is -3.38. The molecule has 0 aliphatic carbocycles. The molecule has 1 saturated heterocycles. The summed E-state index contributed by atoms with van der Waals surface area (Å²) in [5.74, 6) is 0.571. The van der Waals surface area contributed by atoms with Crippen LogP contribution in [0.5, 0.6) is 5.75 Å². The van der Waals surface area contributed by atoms with Crippen molar-refractivity contribution < 1.29 is 17.9 Å². The number of hydrogen-bond donors (Lipinski definition) is 2. The first-order valence-electron chi connectivity index (χ1n) is 8.77. The van der Waals surface area contributed by atoms with Gasteiger partial charge >= 0.3 is 6.03 Å². The van der Waals surface area contributed by atoms with Crippen molar-refractivity contribution in [3.63, 3.8) is 0 Å². The maximum atomic E-state index is 12.4. The molecule has 7 nitrogen and oxygen atoms in total. The number of ether oxygens (including phenoxy) is 1. The second kappa shape index (κ2) is 8.30. The minimum Gasteiger partial charge on any atom is -0.495 e. The van der Waals surface area contributed by atoms with E-state index in [-0.39, 0.29) is 11.8 Å². The van der Waals surface area contributed by atoms with Crippen LogP contribution in [0.4, 0.5) is 16.2 Å². The fraction of sp³-hybridized carbons (Fsp3) is 0.316. The van der Waals surface area contributed by atoms with Gasteiger partial charge in [-0.1, -0.05) is 30.3 Å². The number of nitrogens with one attached hydrogen (secondary N) is 2. The molecule has 3 rings (SSSR count). The average molecular weight is 389 g/mol. The number of amides is 2. The number of urea groups is 1. The first kappa shape index (κ1) is 19.0. The van der Waals surface area contributed by atoms with Gasteiger partial charge in [-0.25, -0.2) is 13.2 Å². The van der Waals surface area contributed by atoms with E-state index >= 15 is 0 Å². The second-order valence-electron chi connectivity index (χ2n) is 6.28. The third-order valence-electron chi connectivity index (χ3n) is 4.35. The molecule has 0 saturated carbocycles. The van der Waals surface area contributed by atoms with Crippen molar-refractivity contribution in [2.24, 2.45) is 0 Å². The Labute approximate surface area is 159 Å². The molecule has 0 bridgehead atoms. The van der Waals surface area contributed by atoms with Gasteiger partial charge in [-0.15, -0.1) is 0 Å². The number of rotatable bonds is 5. The Morgan fingerprint density at radius 2 is 1.93 bits per heavy atom. The first-order chi connectivity index (χ1) is 13.0. The lowest BCUT2D eigenvalue weighted by molar-refractivity contribution is 0.251. The number of sulfonamides is 1. The highest BCUT2D eigenvalue weighted by molar-refractivity contribution is 7.92. The highest BCUT2D eigenvalue weighted by atomic mass is 32.2. The van der Waals surface area contributed by atoms with E-state index in [2.05, 4.69) is 10.6 Å². The monoisotopic (exact) mass is 389 g/mol. The Morgan fingerprint density at radius 1 is 1.15 bits per heavy atom. The summed E-state index contributed by atoms with van der Waals surface area (Å²) in [6, 6.07) is 14.2. The van der Waals surface area contributed by atoms with Crippen LogP contribution in [0, 0.1) is 0 Å². The third kappa shape index (κ3) is 4.71. The highest BCUT2D eigenvalue weighted by Gasteiger charge is 2.28. The molecule has 0 aromatic heterocycles. The van der Waals surface area contributed by atoms with Crippen molar-refractivity contribution in [2.45, 2.75) is 19.4 Å². The van der Waals surface area contributed by atoms with Gasteiger partial charge in [0.05, 0.1) is 18.6 Å². The molecule has 0 atom stereocenters. The molecule has 1 heterocycles. The predicted molar refractivity (Wildman–Crippen MR) is 106 cm³/mol. The van der Waals surface area contributed by atoms with E-state index in [0.29, 0.717) is 36.6 Å². The molecule has 2 aromatic rings. The number of carbonyl (C=O) groups excluding carboxylic acids is 1. The van der Waals surface area contributed by atoms with Gasteiger partial charge in [-0.2, -0.15) is 0 Å². The topological polar surface area (TPSA) is 87.7 Å². The molecule has 1 fully saturated rings. The zero-order valence-electron chi connectivity index (χ0n) is 15.1. The van der Waals surface area contributed by atoms with Crippen LogP contribution in [0.15, 0.2) is 48.5 Å². The van der Waals surface area contributed by atoms with Gasteiger partial charge in [0.1, 0.15) is 5.75 Å². The van der Waals surface area contributed by atoms with Crippen LogP contribution in [-0.2, 0) is 16.6 Å². The standard InChI is InChI=1S/C19H23N3O4S/c1-26-18-10-9-16(13-17(18)22-11-5-6-12-27(22,24)25)21-19(23)20-14-15-7-3-2-4-8-15/h2-4,7-10,13H,5-6,11-12,14H2,1H3,(H2,20,21,23). The van der Waals surface area contributed by atoms with Gasteiger partial charge in [-0.05, 0) is 36.6 Å². The lowest BCUT2D eigenvalue weighted by Crippen LogP contribution is -2.38. The van der Waals surface area contributed by atoms with E-state index < -0.39 is 10.0 Å². The summed E-state index contributed by atoms with van der Waals surface area (Å²) in [4.78, 5) is 12.2. The number of hydrogen-bond acceptors (Lipinski definition) is 4. The van der Waals surface area contributed by atoms with Crippen LogP contribution >= 0.6 is 0 Å². The fourth-order valence-corrected chi connectivity index (χ4v) is 4.61. The van der Waals surface area contributed by atoms with Crippen molar-refractivity contribution in [1.82, 2.24) is 5.32 Å². The summed E-state index contributed by atoms with van der Waals surface area (Å²) in [6.07, 6.45) is 1.44. The van der Waals surface area contributed by atoms with Gasteiger partial charge in [0.25, 0.3) is 0 Å². The molecular weight excluding hydrogens is 366 g/mol. The maximum absolute atomic E-state index is 12.4. The third-order valence-corrected chi connectivity index (χ3v) is 6.21. The summed E-state index contributed by atoms with van der Waals surface area (Å²) in [6.45, 7) is 0.804. The zero-order valence-corrected chi connectivity index (χ0v) is 16.0. The Balaban J connectivity index is 1.74. The van der Waals surface area contributed by atoms with Crippen molar-refractivity contribution in [3.8, 4) is 5.75 Å². The van der Waals surface area contributed by atoms with Gasteiger partial charge < -0.3 is 15.4 Å². The zero-order chi connectivity index (χ0) is 19.3. The van der Waals surface area contributed by atoms with E-state index in [1.807, 2.05) is 30.3 Å². The normalized spacial score (nSPS) is 15.8. The number of anilines is 2. The molecule has 8 heteroatoms. The van der Waals surface area contributed by atoms with Crippen LogP contribution in [-0.4, -0.2) is 33.9 Å². The van der Waals surface area contributed by atoms with Crippen molar-refractivity contribution in [3.05, 3.63) is 54.1 Å². The van der Waals surface area contributed by atoms with E-state index in [0.717, 1.165) is 12.0 Å². The molecule has 1 aliphatic heterocycles. The predicted octanol–water partition coefficient (Wildman–Crippen LogP) is 2.95. The van der Waals surface area contributed by atoms with E-state index in [9.17, 15) is 13.2 Å². The highest BCUT2D eigenvalue weighted by Crippen LogP contribution is 2.35. The molecule has 0 radical (unpaired) electrons. The Kier molecular flexibility index (Phi) is 5.85. The molecule has 2 N–H and O–H groups in total. The smallest absolute Gasteiger partial charge is 0.319 e. The largest absolute Gasteiger partial charge is 0.495 e. The molecule has 0 unspecified atom stereocenters. The maximum Gasteiger partial charge on any atom is 0.319 e. The Hall–Kier alpha value is -2.74. The molecule has 2 amide bonds. The summed E-state index contributed by atoms with van der Waals surface area (Å²) < 4.78 is 31.5. The van der Waals surface area contributed by atoms with Crippen molar-refractivity contribution in [2.75, 3.05) is 29.0 Å². The van der Waals surface area contributed by atoms with Crippen LogP contribution in [0.3, 0.4) is 0 Å². The van der Waals surface area contributed by atoms with Crippen molar-refractivity contribution in [1.29, 1.82) is 0 Å². The number of methoxy groups -OCH3 is 1. The van der Waals surface area contributed by atoms with Gasteiger partial charge in [0.2, 0.25) is 10.0 Å².